The van der Waals surface area contributed by atoms with Gasteiger partial charge in [-0.2, -0.15) is 36.5 Å². The van der Waals surface area contributed by atoms with Crippen LogP contribution >= 0.6 is 11.6 Å². The highest BCUT2D eigenvalue weighted by atomic mass is 35.5. The highest BCUT2D eigenvalue weighted by Crippen LogP contribution is 2.38. The zero-order chi connectivity index (χ0) is 32.2. The van der Waals surface area contributed by atoms with E-state index in [1.54, 1.807) is 0 Å². The first-order valence-corrected chi connectivity index (χ1v) is 12.4. The van der Waals surface area contributed by atoms with Crippen molar-refractivity contribution >= 4 is 11.6 Å². The molecule has 5 aromatic rings. The number of alkyl halides is 6. The van der Waals surface area contributed by atoms with Crippen LogP contribution in [0, 0.1) is 5.82 Å². The number of phenols is 1. The molecule has 0 atom stereocenters. The number of rotatable bonds is 6. The van der Waals surface area contributed by atoms with Crippen molar-refractivity contribution in [3.8, 4) is 40.3 Å². The molecule has 0 saturated carbocycles. The summed E-state index contributed by atoms with van der Waals surface area (Å²) in [5.74, 6) is -1.04. The second-order valence-corrected chi connectivity index (χ2v) is 8.96. The van der Waals surface area contributed by atoms with Crippen LogP contribution in [0.3, 0.4) is 0 Å². The average molecular weight is 646 g/mol. The van der Waals surface area contributed by atoms with E-state index in [1.165, 1.54) is 56.8 Å². The van der Waals surface area contributed by atoms with Crippen molar-refractivity contribution in [1.29, 1.82) is 0 Å². The molecule has 232 valence electrons. The lowest BCUT2D eigenvalue weighted by molar-refractivity contribution is -0.138. The maximum Gasteiger partial charge on any atom is 0.419 e. The summed E-state index contributed by atoms with van der Waals surface area (Å²) >= 11 is 5.64. The van der Waals surface area contributed by atoms with E-state index in [0.717, 1.165) is 27.8 Å². The number of methoxy groups -OCH3 is 2. The molecule has 9 nitrogen and oxygen atoms in total. The number of halogens is 8. The number of aromatic nitrogens is 5. The Morgan fingerprint density at radius 1 is 0.750 bits per heavy atom. The maximum absolute atomic E-state index is 13.9. The van der Waals surface area contributed by atoms with Gasteiger partial charge in [0.25, 0.3) is 5.88 Å². The Hall–Kier alpha value is -4.99. The number of hydrogen-bond donors (Lipinski definition) is 1. The van der Waals surface area contributed by atoms with E-state index in [9.17, 15) is 35.8 Å². The fraction of sp³-hybridized carbons (Fsp3) is 0.148. The second-order valence-electron chi connectivity index (χ2n) is 8.52. The lowest BCUT2D eigenvalue weighted by atomic mass is 10.2. The van der Waals surface area contributed by atoms with Gasteiger partial charge in [-0.1, -0.05) is 23.7 Å². The minimum atomic E-state index is -4.56. The Morgan fingerprint density at radius 3 is 1.75 bits per heavy atom. The normalized spacial score (nSPS) is 11.5. The second kappa shape index (κ2) is 12.7. The fourth-order valence-corrected chi connectivity index (χ4v) is 3.79. The molecule has 0 bridgehead atoms. The average Bonchev–Trinajstić information content (AvgIpc) is 3.65. The monoisotopic (exact) mass is 645 g/mol. The van der Waals surface area contributed by atoms with Crippen molar-refractivity contribution in [3.05, 3.63) is 95.4 Å². The van der Waals surface area contributed by atoms with Gasteiger partial charge in [-0.15, -0.1) is 0 Å². The van der Waals surface area contributed by atoms with Gasteiger partial charge in [0.1, 0.15) is 28.6 Å². The Morgan fingerprint density at radius 2 is 1.25 bits per heavy atom. The molecule has 44 heavy (non-hydrogen) atoms. The number of phenolic OH excluding ortho intramolecular Hbond substituents is 1. The van der Waals surface area contributed by atoms with Crippen molar-refractivity contribution in [1.82, 2.24) is 24.5 Å². The summed E-state index contributed by atoms with van der Waals surface area (Å²) < 4.78 is 107. The summed E-state index contributed by atoms with van der Waals surface area (Å²) in [7, 11) is 2.68. The van der Waals surface area contributed by atoms with Gasteiger partial charge >= 0.3 is 12.4 Å². The molecular weight excluding hydrogens is 627 g/mol. The van der Waals surface area contributed by atoms with E-state index in [4.69, 9.17) is 25.8 Å². The van der Waals surface area contributed by atoms with Gasteiger partial charge in [-0.05, 0) is 30.3 Å². The zero-order valence-corrected chi connectivity index (χ0v) is 23.1. The fourth-order valence-electron chi connectivity index (χ4n) is 3.65. The first-order chi connectivity index (χ1) is 20.7. The summed E-state index contributed by atoms with van der Waals surface area (Å²) in [6.07, 6.45) is -4.95. The van der Waals surface area contributed by atoms with Gasteiger partial charge in [0.05, 0.1) is 42.8 Å². The van der Waals surface area contributed by atoms with Crippen LogP contribution < -0.4 is 14.2 Å². The van der Waals surface area contributed by atoms with E-state index >= 15 is 0 Å². The molecule has 0 aliphatic carbocycles. The van der Waals surface area contributed by atoms with E-state index in [0.29, 0.717) is 12.4 Å². The molecule has 2 aromatic carbocycles. The number of benzene rings is 2. The quantitative estimate of drug-likeness (QED) is 0.191. The molecule has 0 radical (unpaired) electrons. The number of ether oxygens (including phenoxy) is 3. The minimum Gasteiger partial charge on any atom is -0.506 e. The third-order valence-corrected chi connectivity index (χ3v) is 5.84. The van der Waals surface area contributed by atoms with Crippen molar-refractivity contribution < 1.29 is 50.1 Å². The molecule has 3 heterocycles. The largest absolute Gasteiger partial charge is 0.506 e. The van der Waals surface area contributed by atoms with Gasteiger partial charge in [0, 0.05) is 18.6 Å². The smallest absolute Gasteiger partial charge is 0.419 e. The number of pyridine rings is 1. The van der Waals surface area contributed by atoms with Gasteiger partial charge in [-0.25, -0.2) is 18.7 Å². The van der Waals surface area contributed by atoms with Crippen molar-refractivity contribution in [2.75, 3.05) is 14.2 Å². The molecule has 0 aliphatic rings. The van der Waals surface area contributed by atoms with E-state index in [2.05, 4.69) is 15.2 Å². The molecule has 17 heteroatoms. The highest BCUT2D eigenvalue weighted by Gasteiger charge is 2.34. The highest BCUT2D eigenvalue weighted by molar-refractivity contribution is 6.30. The number of para-hydroxylation sites is 2. The summed E-state index contributed by atoms with van der Waals surface area (Å²) in [4.78, 5) is 3.73. The lowest BCUT2D eigenvalue weighted by Gasteiger charge is -2.14. The molecule has 0 unspecified atom stereocenters. The lowest BCUT2D eigenvalue weighted by Crippen LogP contribution is -2.04. The minimum absolute atomic E-state index is 0.00473. The van der Waals surface area contributed by atoms with Gasteiger partial charge in [0.2, 0.25) is 0 Å². The molecule has 0 saturated heterocycles. The summed E-state index contributed by atoms with van der Waals surface area (Å²) in [6, 6.07) is 9.83. The molecule has 0 aliphatic heterocycles. The Balaban J connectivity index is 0.000000215. The van der Waals surface area contributed by atoms with Crippen LogP contribution in [0.25, 0.3) is 11.4 Å². The zero-order valence-electron chi connectivity index (χ0n) is 22.4. The van der Waals surface area contributed by atoms with Gasteiger partial charge < -0.3 is 19.3 Å². The van der Waals surface area contributed by atoms with Crippen LogP contribution in [0.1, 0.15) is 11.1 Å². The Kier molecular flexibility index (Phi) is 9.22. The van der Waals surface area contributed by atoms with E-state index in [1.807, 2.05) is 0 Å². The molecule has 5 rings (SSSR count). The summed E-state index contributed by atoms with van der Waals surface area (Å²) in [5.41, 5.74) is -1.73. The van der Waals surface area contributed by atoms with Crippen LogP contribution in [0.4, 0.5) is 30.7 Å². The number of hydrogen-bond acceptors (Lipinski definition) is 7. The molecule has 1 N–H and O–H groups in total. The van der Waals surface area contributed by atoms with E-state index in [-0.39, 0.29) is 39.4 Å². The third-order valence-electron chi connectivity index (χ3n) is 5.64. The maximum atomic E-state index is 13.9. The molecule has 0 spiro atoms. The molecule has 3 aromatic heterocycles. The third kappa shape index (κ3) is 7.14. The predicted octanol–water partition coefficient (Wildman–Crippen LogP) is 7.48. The van der Waals surface area contributed by atoms with E-state index < -0.39 is 35.2 Å². The SMILES string of the molecule is COc1cccc(O)c1-n1cc(C(F)(F)F)cn1.COc1cccc(Oc2ncc(Cl)cc2F)c1-n1cc(C(F)(F)F)cn1. The van der Waals surface area contributed by atoms with Crippen LogP contribution in [0.15, 0.2) is 73.4 Å². The molecule has 0 amide bonds. The van der Waals surface area contributed by atoms with Crippen LogP contribution in [0.5, 0.6) is 28.9 Å². The van der Waals surface area contributed by atoms with Crippen LogP contribution in [-0.2, 0) is 12.4 Å². The van der Waals surface area contributed by atoms with Crippen LogP contribution in [-0.4, -0.2) is 43.9 Å². The molecular formula is C27H19ClF7N5O4. The Bertz CT molecular complexity index is 1760. The molecule has 0 fully saturated rings. The number of nitrogens with zero attached hydrogens (tertiary/aromatic N) is 5. The topological polar surface area (TPSA) is 96.5 Å². The first-order valence-electron chi connectivity index (χ1n) is 12.0. The van der Waals surface area contributed by atoms with Crippen molar-refractivity contribution in [3.63, 3.8) is 0 Å². The number of aromatic hydroxyl groups is 1. The summed E-state index contributed by atoms with van der Waals surface area (Å²) in [6.45, 7) is 0. The first kappa shape index (κ1) is 31.9. The standard InChI is InChI=1S/C16H10ClF4N3O2.C11H9F3N2O2/c1-25-12-3-2-4-13(26-15-11(18)5-10(17)7-22-15)14(12)24-8-9(6-23-24)16(19,20)21;1-18-9-4-2-3-8(17)10(9)16-6-7(5-15-16)11(12,13)14/h2-8H,1H3;2-6,17H,1H3. The predicted molar refractivity (Wildman–Crippen MR) is 141 cm³/mol. The Labute approximate surface area is 248 Å². The van der Waals surface area contributed by atoms with Crippen molar-refractivity contribution in [2.45, 2.75) is 12.4 Å². The van der Waals surface area contributed by atoms with Crippen LogP contribution in [0.2, 0.25) is 5.02 Å². The van der Waals surface area contributed by atoms with Gasteiger partial charge in [0.15, 0.2) is 11.6 Å². The summed E-state index contributed by atoms with van der Waals surface area (Å²) in [5, 5.41) is 17.0. The van der Waals surface area contributed by atoms with Gasteiger partial charge in [-0.3, -0.25) is 0 Å². The van der Waals surface area contributed by atoms with Crippen molar-refractivity contribution in [2.24, 2.45) is 0 Å².